The van der Waals surface area contributed by atoms with Crippen LogP contribution in [0.25, 0.3) is 0 Å². The second-order valence-corrected chi connectivity index (χ2v) is 7.99. The SMILES string of the molecule is O=C(Nc1cccc(NC(=O)C2CC(c3ccc(Cl)s3)=NO2)c1)C1CC1. The van der Waals surface area contributed by atoms with Gasteiger partial charge in [0.1, 0.15) is 5.71 Å². The van der Waals surface area contributed by atoms with Crippen molar-refractivity contribution in [1.82, 2.24) is 0 Å². The molecule has 2 amide bonds. The second kappa shape index (κ2) is 7.09. The normalized spacial score (nSPS) is 18.8. The third-order valence-electron chi connectivity index (χ3n) is 4.16. The number of anilines is 2. The summed E-state index contributed by atoms with van der Waals surface area (Å²) in [5.74, 6) is -0.126. The van der Waals surface area contributed by atoms with Crippen molar-refractivity contribution in [2.75, 3.05) is 10.6 Å². The van der Waals surface area contributed by atoms with Gasteiger partial charge in [-0.05, 0) is 43.2 Å². The van der Waals surface area contributed by atoms with Crippen LogP contribution in [-0.4, -0.2) is 23.6 Å². The molecular formula is C18H16ClN3O3S. The quantitative estimate of drug-likeness (QED) is 0.814. The number of oxime groups is 1. The zero-order valence-electron chi connectivity index (χ0n) is 13.7. The van der Waals surface area contributed by atoms with Gasteiger partial charge in [-0.15, -0.1) is 11.3 Å². The molecule has 0 bridgehead atoms. The van der Waals surface area contributed by atoms with Crippen LogP contribution in [0.4, 0.5) is 11.4 Å². The molecule has 0 radical (unpaired) electrons. The molecule has 2 heterocycles. The van der Waals surface area contributed by atoms with Crippen LogP contribution in [0.2, 0.25) is 4.34 Å². The highest BCUT2D eigenvalue weighted by Gasteiger charge is 2.30. The van der Waals surface area contributed by atoms with E-state index in [4.69, 9.17) is 16.4 Å². The van der Waals surface area contributed by atoms with Crippen LogP contribution in [-0.2, 0) is 14.4 Å². The Bertz CT molecular complexity index is 891. The van der Waals surface area contributed by atoms with Gasteiger partial charge in [0.25, 0.3) is 5.91 Å². The van der Waals surface area contributed by atoms with Crippen molar-refractivity contribution in [3.8, 4) is 0 Å². The molecule has 2 aromatic rings. The van der Waals surface area contributed by atoms with E-state index < -0.39 is 6.10 Å². The lowest BCUT2D eigenvalue weighted by molar-refractivity contribution is -0.125. The van der Waals surface area contributed by atoms with Crippen molar-refractivity contribution >= 4 is 51.8 Å². The molecule has 1 unspecified atom stereocenters. The summed E-state index contributed by atoms with van der Waals surface area (Å²) in [6, 6.07) is 10.7. The van der Waals surface area contributed by atoms with E-state index >= 15 is 0 Å². The number of nitrogens with zero attached hydrogens (tertiary/aromatic N) is 1. The Kier molecular flexibility index (Phi) is 4.65. The van der Waals surface area contributed by atoms with Crippen LogP contribution in [0, 0.1) is 5.92 Å². The average Bonchev–Trinajstić information content (AvgIpc) is 3.19. The predicted molar refractivity (Wildman–Crippen MR) is 102 cm³/mol. The van der Waals surface area contributed by atoms with E-state index in [1.165, 1.54) is 11.3 Å². The summed E-state index contributed by atoms with van der Waals surface area (Å²) in [4.78, 5) is 30.4. The minimum Gasteiger partial charge on any atom is -0.382 e. The number of hydrogen-bond acceptors (Lipinski definition) is 5. The van der Waals surface area contributed by atoms with E-state index in [2.05, 4.69) is 15.8 Å². The molecule has 26 heavy (non-hydrogen) atoms. The maximum Gasteiger partial charge on any atom is 0.268 e. The van der Waals surface area contributed by atoms with Gasteiger partial charge in [0, 0.05) is 23.7 Å². The standard InChI is InChI=1S/C18H16ClN3O3S/c19-16-7-6-15(26-16)13-9-14(25-22-13)18(24)21-12-3-1-2-11(8-12)20-17(23)10-4-5-10/h1-3,6-8,10,14H,4-5,9H2,(H,20,23)(H,21,24). The first-order valence-electron chi connectivity index (χ1n) is 8.29. The van der Waals surface area contributed by atoms with E-state index in [1.54, 1.807) is 30.3 Å². The van der Waals surface area contributed by atoms with Gasteiger partial charge in [0.15, 0.2) is 0 Å². The number of nitrogens with one attached hydrogen (secondary N) is 2. The Morgan fingerprint density at radius 2 is 1.85 bits per heavy atom. The number of hydrogen-bond donors (Lipinski definition) is 2. The molecule has 6 nitrogen and oxygen atoms in total. The fraction of sp³-hybridized carbons (Fsp3) is 0.278. The summed E-state index contributed by atoms with van der Waals surface area (Å²) in [5, 5.41) is 9.67. The first-order valence-corrected chi connectivity index (χ1v) is 9.48. The third-order valence-corrected chi connectivity index (χ3v) is 5.44. The van der Waals surface area contributed by atoms with Crippen molar-refractivity contribution < 1.29 is 14.4 Å². The van der Waals surface area contributed by atoms with E-state index in [1.807, 2.05) is 6.07 Å². The number of carbonyl (C=O) groups excluding carboxylic acids is 2. The van der Waals surface area contributed by atoms with Crippen LogP contribution in [0.5, 0.6) is 0 Å². The van der Waals surface area contributed by atoms with Gasteiger partial charge in [-0.3, -0.25) is 9.59 Å². The lowest BCUT2D eigenvalue weighted by atomic mass is 10.1. The third kappa shape index (κ3) is 3.89. The number of amides is 2. The molecule has 1 aromatic carbocycles. The smallest absolute Gasteiger partial charge is 0.268 e. The summed E-state index contributed by atoms with van der Waals surface area (Å²) >= 11 is 7.33. The topological polar surface area (TPSA) is 79.8 Å². The number of carbonyl (C=O) groups is 2. The highest BCUT2D eigenvalue weighted by atomic mass is 35.5. The fourth-order valence-corrected chi connectivity index (χ4v) is 3.65. The van der Waals surface area contributed by atoms with Gasteiger partial charge in [0.2, 0.25) is 12.0 Å². The molecule has 1 fully saturated rings. The monoisotopic (exact) mass is 389 g/mol. The molecule has 0 saturated heterocycles. The van der Waals surface area contributed by atoms with Crippen LogP contribution >= 0.6 is 22.9 Å². The van der Waals surface area contributed by atoms with Gasteiger partial charge in [0.05, 0.1) is 9.21 Å². The van der Waals surface area contributed by atoms with E-state index in [-0.39, 0.29) is 17.7 Å². The van der Waals surface area contributed by atoms with Crippen molar-refractivity contribution in [1.29, 1.82) is 0 Å². The Hall–Kier alpha value is -2.38. The fourth-order valence-electron chi connectivity index (χ4n) is 2.62. The van der Waals surface area contributed by atoms with Gasteiger partial charge in [-0.1, -0.05) is 22.8 Å². The highest BCUT2D eigenvalue weighted by Crippen LogP contribution is 2.30. The number of rotatable bonds is 5. The van der Waals surface area contributed by atoms with Gasteiger partial charge in [-0.25, -0.2) is 0 Å². The summed E-state index contributed by atoms with van der Waals surface area (Å²) in [6.07, 6.45) is 1.59. The van der Waals surface area contributed by atoms with Crippen molar-refractivity contribution in [2.45, 2.75) is 25.4 Å². The maximum absolute atomic E-state index is 12.4. The molecule has 1 aliphatic carbocycles. The van der Waals surface area contributed by atoms with Crippen LogP contribution in [0.3, 0.4) is 0 Å². The van der Waals surface area contributed by atoms with E-state index in [0.717, 1.165) is 17.7 Å². The summed E-state index contributed by atoms with van der Waals surface area (Å²) < 4.78 is 0.667. The Morgan fingerprint density at radius 3 is 2.50 bits per heavy atom. The number of halogens is 1. The largest absolute Gasteiger partial charge is 0.382 e. The Labute approximate surface area is 159 Å². The molecule has 4 rings (SSSR count). The Balaban J connectivity index is 1.35. The zero-order chi connectivity index (χ0) is 18.1. The van der Waals surface area contributed by atoms with Crippen molar-refractivity contribution in [3.05, 3.63) is 45.6 Å². The summed E-state index contributed by atoms with van der Waals surface area (Å²) in [6.45, 7) is 0. The zero-order valence-corrected chi connectivity index (χ0v) is 15.3. The minimum atomic E-state index is -0.685. The van der Waals surface area contributed by atoms with Crippen molar-refractivity contribution in [3.63, 3.8) is 0 Å². The maximum atomic E-state index is 12.4. The van der Waals surface area contributed by atoms with Crippen LogP contribution < -0.4 is 10.6 Å². The molecule has 1 aromatic heterocycles. The molecule has 1 aliphatic heterocycles. The molecular weight excluding hydrogens is 374 g/mol. The summed E-state index contributed by atoms with van der Waals surface area (Å²) in [7, 11) is 0. The first kappa shape index (κ1) is 17.1. The average molecular weight is 390 g/mol. The lowest BCUT2D eigenvalue weighted by Gasteiger charge is -2.11. The Morgan fingerprint density at radius 1 is 1.12 bits per heavy atom. The van der Waals surface area contributed by atoms with Crippen LogP contribution in [0.1, 0.15) is 24.1 Å². The highest BCUT2D eigenvalue weighted by molar-refractivity contribution is 7.18. The van der Waals surface area contributed by atoms with Gasteiger partial charge < -0.3 is 15.5 Å². The minimum absolute atomic E-state index is 0.0280. The van der Waals surface area contributed by atoms with Gasteiger partial charge in [-0.2, -0.15) is 0 Å². The first-order chi connectivity index (χ1) is 12.6. The predicted octanol–water partition coefficient (Wildman–Crippen LogP) is 3.88. The lowest BCUT2D eigenvalue weighted by Crippen LogP contribution is -2.28. The summed E-state index contributed by atoms with van der Waals surface area (Å²) in [5.41, 5.74) is 1.98. The number of thiophene rings is 1. The molecule has 2 N–H and O–H groups in total. The molecule has 2 aliphatic rings. The molecule has 1 atom stereocenters. The molecule has 1 saturated carbocycles. The van der Waals surface area contributed by atoms with E-state index in [9.17, 15) is 9.59 Å². The number of benzene rings is 1. The van der Waals surface area contributed by atoms with Gasteiger partial charge >= 0.3 is 0 Å². The van der Waals surface area contributed by atoms with E-state index in [0.29, 0.717) is 27.8 Å². The second-order valence-electron chi connectivity index (χ2n) is 6.27. The molecule has 8 heteroatoms. The molecule has 0 spiro atoms. The molecule has 134 valence electrons. The van der Waals surface area contributed by atoms with Crippen molar-refractivity contribution in [2.24, 2.45) is 11.1 Å². The van der Waals surface area contributed by atoms with Crippen LogP contribution in [0.15, 0.2) is 41.6 Å².